The van der Waals surface area contributed by atoms with Crippen LogP contribution in [0, 0.1) is 5.92 Å². The van der Waals surface area contributed by atoms with Gasteiger partial charge in [0.1, 0.15) is 0 Å². The van der Waals surface area contributed by atoms with E-state index in [4.69, 9.17) is 13.3 Å². The maximum atomic E-state index is 8.89. The molecule has 0 spiro atoms. The average Bonchev–Trinajstić information content (AvgIpc) is 1.85. The first-order valence-electron chi connectivity index (χ1n) is 4.06. The molecule has 14 heavy (non-hydrogen) atoms. The molecule has 1 rings (SSSR count). The fraction of sp³-hybridized carbons (Fsp3) is 1.00. The molecular formula is C7H14Na2O3S2. The molecule has 0 N–H and O–H groups in total. The molecule has 0 atom stereocenters. The van der Waals surface area contributed by atoms with Gasteiger partial charge in [0.25, 0.3) is 0 Å². The first-order valence-corrected chi connectivity index (χ1v) is 6.39. The minimum Gasteiger partial charge on any atom is -0.780 e. The second-order valence-electron chi connectivity index (χ2n) is 3.15. The Morgan fingerprint density at radius 2 is 1.43 bits per heavy atom. The minimum absolute atomic E-state index is 0. The zero-order valence-corrected chi connectivity index (χ0v) is 14.8. The van der Waals surface area contributed by atoms with Gasteiger partial charge in [-0.05, 0) is 17.1 Å². The van der Waals surface area contributed by atoms with E-state index >= 15 is 0 Å². The molecule has 74 valence electrons. The van der Waals surface area contributed by atoms with Crippen molar-refractivity contribution in [1.82, 2.24) is 0 Å². The molecule has 0 radical (unpaired) electrons. The number of hydrogen-bond acceptors (Lipinski definition) is 4. The molecule has 0 aliphatic heterocycles. The van der Waals surface area contributed by atoms with Crippen molar-refractivity contribution in [3.63, 3.8) is 0 Å². The van der Waals surface area contributed by atoms with E-state index in [0.29, 0.717) is 0 Å². The average molecular weight is 256 g/mol. The van der Waals surface area contributed by atoms with Crippen LogP contribution in [0.15, 0.2) is 0 Å². The van der Waals surface area contributed by atoms with Crippen molar-refractivity contribution in [2.24, 2.45) is 5.92 Å². The molecule has 0 heterocycles. The molecule has 0 saturated heterocycles. The smallest absolute Gasteiger partial charge is 0.780 e. The van der Waals surface area contributed by atoms with E-state index in [1.807, 2.05) is 0 Å². The standard InChI is InChI=1S/C7H14.2Na.H2O3S2/c1-7-5-3-2-4-6-7;;;1-5(2,3)4/h7H,2-6H2,1H3;;;(H2,1,2,3,4)/q;2*+1;/p-2. The summed E-state index contributed by atoms with van der Waals surface area (Å²) in [5, 5.41) is 0. The molecule has 1 aliphatic rings. The summed E-state index contributed by atoms with van der Waals surface area (Å²) < 4.78 is 26.7. The van der Waals surface area contributed by atoms with Crippen molar-refractivity contribution in [3.8, 4) is 0 Å². The third-order valence-corrected chi connectivity index (χ3v) is 1.89. The minimum atomic E-state index is -4.33. The molecule has 3 nitrogen and oxygen atoms in total. The van der Waals surface area contributed by atoms with Gasteiger partial charge in [0.15, 0.2) is 0 Å². The third kappa shape index (κ3) is 23.8. The van der Waals surface area contributed by atoms with Gasteiger partial charge in [-0.3, -0.25) is 4.21 Å². The van der Waals surface area contributed by atoms with Gasteiger partial charge in [-0.25, -0.2) is 0 Å². The van der Waals surface area contributed by atoms with Crippen LogP contribution in [0.2, 0.25) is 0 Å². The summed E-state index contributed by atoms with van der Waals surface area (Å²) in [7, 11) is -4.33. The van der Waals surface area contributed by atoms with Crippen molar-refractivity contribution in [2.75, 3.05) is 0 Å². The summed E-state index contributed by atoms with van der Waals surface area (Å²) in [4.78, 5) is 0. The molecular weight excluding hydrogens is 242 g/mol. The second-order valence-corrected chi connectivity index (χ2v) is 5.19. The summed E-state index contributed by atoms with van der Waals surface area (Å²) in [5.74, 6) is 1.04. The fourth-order valence-electron chi connectivity index (χ4n) is 1.31. The van der Waals surface area contributed by atoms with Gasteiger partial charge in [-0.2, -0.15) is 0 Å². The SMILES string of the molecule is CC1CCCCC1.O=S([O-])([O-])=S.[Na+].[Na+]. The summed E-state index contributed by atoms with van der Waals surface area (Å²) in [5.41, 5.74) is 0. The number of hydrogen-bond donors (Lipinski definition) is 0. The maximum Gasteiger partial charge on any atom is 1.00 e. The molecule has 0 aromatic carbocycles. The summed E-state index contributed by atoms with van der Waals surface area (Å²) in [6, 6.07) is 0. The van der Waals surface area contributed by atoms with Gasteiger partial charge in [-0.15, -0.1) is 9.05 Å². The Labute approximate surface area is 136 Å². The van der Waals surface area contributed by atoms with Crippen LogP contribution >= 0.6 is 0 Å². The Morgan fingerprint density at radius 3 is 1.57 bits per heavy atom. The van der Waals surface area contributed by atoms with Crippen molar-refractivity contribution in [3.05, 3.63) is 0 Å². The van der Waals surface area contributed by atoms with E-state index in [-0.39, 0.29) is 59.1 Å². The largest absolute Gasteiger partial charge is 1.00 e. The zero-order chi connectivity index (χ0) is 9.61. The molecule has 0 unspecified atom stereocenters. The van der Waals surface area contributed by atoms with Crippen LogP contribution in [0.1, 0.15) is 39.0 Å². The Bertz CT molecular complexity index is 193. The molecule has 1 saturated carbocycles. The van der Waals surface area contributed by atoms with Crippen molar-refractivity contribution in [1.29, 1.82) is 0 Å². The van der Waals surface area contributed by atoms with Crippen LogP contribution < -0.4 is 59.1 Å². The van der Waals surface area contributed by atoms with Crippen LogP contribution in [-0.4, -0.2) is 13.3 Å². The topological polar surface area (TPSA) is 63.2 Å². The molecule has 0 aromatic heterocycles. The van der Waals surface area contributed by atoms with E-state index in [1.165, 1.54) is 32.1 Å². The first-order chi connectivity index (χ1) is 5.39. The Morgan fingerprint density at radius 1 is 1.14 bits per heavy atom. The molecule has 0 bridgehead atoms. The van der Waals surface area contributed by atoms with E-state index in [1.54, 1.807) is 0 Å². The monoisotopic (exact) mass is 256 g/mol. The molecule has 0 amide bonds. The summed E-state index contributed by atoms with van der Waals surface area (Å²) in [6.45, 7) is 2.36. The van der Waals surface area contributed by atoms with Crippen molar-refractivity contribution < 1.29 is 72.4 Å². The predicted octanol–water partition coefficient (Wildman–Crippen LogP) is -4.41. The predicted molar refractivity (Wildman–Crippen MR) is 49.3 cm³/mol. The van der Waals surface area contributed by atoms with Gasteiger partial charge in [0.2, 0.25) is 0 Å². The van der Waals surface area contributed by atoms with Crippen LogP contribution in [-0.2, 0) is 20.2 Å². The van der Waals surface area contributed by atoms with Gasteiger partial charge in [0, 0.05) is 0 Å². The molecule has 1 aliphatic carbocycles. The van der Waals surface area contributed by atoms with E-state index in [0.717, 1.165) is 5.92 Å². The third-order valence-electron chi connectivity index (χ3n) is 1.89. The van der Waals surface area contributed by atoms with E-state index < -0.39 is 9.05 Å². The van der Waals surface area contributed by atoms with Crippen LogP contribution in [0.25, 0.3) is 0 Å². The maximum absolute atomic E-state index is 8.89. The van der Waals surface area contributed by atoms with Gasteiger partial charge in [0.05, 0.1) is 0 Å². The van der Waals surface area contributed by atoms with E-state index in [2.05, 4.69) is 18.1 Å². The normalized spacial score (nSPS) is 16.8. The quantitative estimate of drug-likeness (QED) is 0.411. The molecule has 0 aromatic rings. The van der Waals surface area contributed by atoms with Crippen LogP contribution in [0.4, 0.5) is 0 Å². The summed E-state index contributed by atoms with van der Waals surface area (Å²) in [6.07, 6.45) is 7.44. The molecule has 7 heteroatoms. The Kier molecular flexibility index (Phi) is 18.1. The fourth-order valence-corrected chi connectivity index (χ4v) is 1.31. The Balaban J connectivity index is -0.000000159. The van der Waals surface area contributed by atoms with Gasteiger partial charge < -0.3 is 9.11 Å². The van der Waals surface area contributed by atoms with Gasteiger partial charge >= 0.3 is 59.1 Å². The van der Waals surface area contributed by atoms with Crippen LogP contribution in [0.5, 0.6) is 0 Å². The van der Waals surface area contributed by atoms with Crippen LogP contribution in [0.3, 0.4) is 0 Å². The molecule has 1 fully saturated rings. The zero-order valence-electron chi connectivity index (χ0n) is 9.15. The first kappa shape index (κ1) is 21.6. The Hall–Kier alpha value is 2.29. The number of rotatable bonds is 0. The van der Waals surface area contributed by atoms with Gasteiger partial charge in [-0.1, -0.05) is 39.0 Å². The van der Waals surface area contributed by atoms with Crippen molar-refractivity contribution >= 4 is 20.2 Å². The van der Waals surface area contributed by atoms with Crippen molar-refractivity contribution in [2.45, 2.75) is 39.0 Å². The second kappa shape index (κ2) is 11.8. The van der Waals surface area contributed by atoms with E-state index in [9.17, 15) is 0 Å². The summed E-state index contributed by atoms with van der Waals surface area (Å²) >= 11 is 3.24.